The van der Waals surface area contributed by atoms with E-state index in [1.807, 2.05) is 30.3 Å². The topological polar surface area (TPSA) is 117 Å². The van der Waals surface area contributed by atoms with E-state index in [4.69, 9.17) is 5.11 Å². The van der Waals surface area contributed by atoms with Gasteiger partial charge in [-0.1, -0.05) is 30.3 Å². The Bertz CT molecular complexity index is 816. The molecule has 1 heterocycles. The Morgan fingerprint density at radius 3 is 2.25 bits per heavy atom. The fourth-order valence-corrected chi connectivity index (χ4v) is 3.24. The number of aromatic nitrogens is 1. The quantitative estimate of drug-likeness (QED) is 0.453. The number of benzene rings is 1. The zero-order chi connectivity index (χ0) is 20.6. The molecule has 0 aliphatic heterocycles. The summed E-state index contributed by atoms with van der Waals surface area (Å²) in [7, 11) is 0. The molecular formula is C20H22N2O5S. The molecule has 2 rings (SSSR count). The Kier molecular flexibility index (Phi) is 7.57. The minimum absolute atomic E-state index is 0.214. The number of carboxylic acids is 2. The SMILES string of the molecule is O=C(O)CC[C@](NC(=O)C(CS)Cc1ccccc1)(C(=O)O)c1ccncc1. The maximum Gasteiger partial charge on any atom is 0.334 e. The van der Waals surface area contributed by atoms with Crippen molar-refractivity contribution in [2.24, 2.45) is 5.92 Å². The van der Waals surface area contributed by atoms with Crippen LogP contribution in [0.15, 0.2) is 54.9 Å². The van der Waals surface area contributed by atoms with Crippen LogP contribution >= 0.6 is 12.6 Å². The molecule has 0 radical (unpaired) electrons. The lowest BCUT2D eigenvalue weighted by molar-refractivity contribution is -0.150. The highest BCUT2D eigenvalue weighted by atomic mass is 32.1. The highest BCUT2D eigenvalue weighted by Gasteiger charge is 2.43. The number of nitrogens with one attached hydrogen (secondary N) is 1. The zero-order valence-electron chi connectivity index (χ0n) is 15.1. The van der Waals surface area contributed by atoms with Crippen LogP contribution in [0.2, 0.25) is 0 Å². The van der Waals surface area contributed by atoms with E-state index >= 15 is 0 Å². The first-order chi connectivity index (χ1) is 13.4. The number of amides is 1. The van der Waals surface area contributed by atoms with Crippen LogP contribution in [0, 0.1) is 5.92 Å². The molecule has 3 N–H and O–H groups in total. The molecule has 0 aliphatic rings. The van der Waals surface area contributed by atoms with Crippen molar-refractivity contribution in [1.82, 2.24) is 10.3 Å². The highest BCUT2D eigenvalue weighted by molar-refractivity contribution is 7.80. The molecule has 7 nitrogen and oxygen atoms in total. The number of pyridine rings is 1. The lowest BCUT2D eigenvalue weighted by Crippen LogP contribution is -2.54. The van der Waals surface area contributed by atoms with Crippen LogP contribution in [0.25, 0.3) is 0 Å². The van der Waals surface area contributed by atoms with Gasteiger partial charge in [-0.05, 0) is 36.1 Å². The summed E-state index contributed by atoms with van der Waals surface area (Å²) in [6, 6.07) is 12.3. The van der Waals surface area contributed by atoms with Crippen LogP contribution in [0.3, 0.4) is 0 Å². The Labute approximate surface area is 168 Å². The van der Waals surface area contributed by atoms with Gasteiger partial charge in [0.1, 0.15) is 0 Å². The van der Waals surface area contributed by atoms with Gasteiger partial charge in [-0.15, -0.1) is 0 Å². The average Bonchev–Trinajstić information content (AvgIpc) is 2.70. The molecule has 0 bridgehead atoms. The largest absolute Gasteiger partial charge is 0.481 e. The van der Waals surface area contributed by atoms with E-state index in [0.717, 1.165) is 5.56 Å². The standard InChI is InChI=1S/C20H22N2O5S/c23-17(24)6-9-20(19(26)27,16-7-10-21-11-8-16)22-18(25)15(13-28)12-14-4-2-1-3-5-14/h1-5,7-8,10-11,15,28H,6,9,12-13H2,(H,22,25)(H,23,24)(H,26,27)/t15?,20-/m1/s1. The zero-order valence-corrected chi connectivity index (χ0v) is 16.0. The van der Waals surface area contributed by atoms with Gasteiger partial charge in [0.05, 0.1) is 5.92 Å². The molecule has 1 amide bonds. The summed E-state index contributed by atoms with van der Waals surface area (Å²) >= 11 is 4.25. The molecule has 0 saturated carbocycles. The van der Waals surface area contributed by atoms with E-state index < -0.39 is 35.7 Å². The predicted octanol–water partition coefficient (Wildman–Crippen LogP) is 2.13. The van der Waals surface area contributed by atoms with Gasteiger partial charge in [0.15, 0.2) is 5.54 Å². The van der Waals surface area contributed by atoms with Crippen molar-refractivity contribution in [3.05, 3.63) is 66.0 Å². The van der Waals surface area contributed by atoms with Gasteiger partial charge in [-0.25, -0.2) is 4.79 Å². The van der Waals surface area contributed by atoms with E-state index in [2.05, 4.69) is 22.9 Å². The molecule has 2 atom stereocenters. The number of rotatable bonds is 10. The van der Waals surface area contributed by atoms with Crippen LogP contribution in [0.1, 0.15) is 24.0 Å². The lowest BCUT2D eigenvalue weighted by Gasteiger charge is -2.32. The first-order valence-corrected chi connectivity index (χ1v) is 9.35. The Balaban J connectivity index is 2.32. The van der Waals surface area contributed by atoms with Gasteiger partial charge < -0.3 is 15.5 Å². The Hall–Kier alpha value is -2.87. The number of aliphatic carboxylic acids is 2. The third kappa shape index (κ3) is 5.32. The van der Waals surface area contributed by atoms with Crippen molar-refractivity contribution in [3.63, 3.8) is 0 Å². The smallest absolute Gasteiger partial charge is 0.334 e. The number of carbonyl (C=O) groups is 3. The lowest BCUT2D eigenvalue weighted by atomic mass is 9.84. The molecule has 1 aromatic heterocycles. The van der Waals surface area contributed by atoms with Crippen molar-refractivity contribution in [2.75, 3.05) is 5.75 Å². The fourth-order valence-electron chi connectivity index (χ4n) is 2.94. The Morgan fingerprint density at radius 2 is 1.71 bits per heavy atom. The molecule has 0 fully saturated rings. The van der Waals surface area contributed by atoms with Gasteiger partial charge in [0.2, 0.25) is 5.91 Å². The molecule has 0 saturated heterocycles. The first-order valence-electron chi connectivity index (χ1n) is 8.71. The van der Waals surface area contributed by atoms with Crippen LogP contribution in [-0.4, -0.2) is 38.8 Å². The molecule has 0 aliphatic carbocycles. The number of hydrogen-bond donors (Lipinski definition) is 4. The first kappa shape index (κ1) is 21.4. The summed E-state index contributed by atoms with van der Waals surface area (Å²) in [4.78, 5) is 40.1. The number of carboxylic acid groups (broad SMARTS) is 2. The van der Waals surface area contributed by atoms with E-state index in [-0.39, 0.29) is 17.7 Å². The van der Waals surface area contributed by atoms with Gasteiger partial charge in [0, 0.05) is 24.6 Å². The second kappa shape index (κ2) is 9.89. The summed E-state index contributed by atoms with van der Waals surface area (Å²) in [6.07, 6.45) is 2.48. The molecule has 148 valence electrons. The third-order valence-corrected chi connectivity index (χ3v) is 4.95. The monoisotopic (exact) mass is 402 g/mol. The van der Waals surface area contributed by atoms with Crippen molar-refractivity contribution in [3.8, 4) is 0 Å². The normalized spacial score (nSPS) is 13.9. The molecule has 1 aromatic carbocycles. The van der Waals surface area contributed by atoms with Crippen LogP contribution in [-0.2, 0) is 26.3 Å². The predicted molar refractivity (Wildman–Crippen MR) is 106 cm³/mol. The summed E-state index contributed by atoms with van der Waals surface area (Å²) in [5.74, 6) is -3.33. The van der Waals surface area contributed by atoms with Crippen molar-refractivity contribution >= 4 is 30.5 Å². The van der Waals surface area contributed by atoms with E-state index in [1.54, 1.807) is 0 Å². The summed E-state index contributed by atoms with van der Waals surface area (Å²) in [6.45, 7) is 0. The van der Waals surface area contributed by atoms with Gasteiger partial charge in [0.25, 0.3) is 0 Å². The fraction of sp³-hybridized carbons (Fsp3) is 0.300. The highest BCUT2D eigenvalue weighted by Crippen LogP contribution is 2.28. The summed E-state index contributed by atoms with van der Waals surface area (Å²) in [5, 5.41) is 21.6. The molecule has 0 spiro atoms. The van der Waals surface area contributed by atoms with E-state index in [0.29, 0.717) is 6.42 Å². The van der Waals surface area contributed by atoms with Crippen molar-refractivity contribution in [1.29, 1.82) is 0 Å². The average molecular weight is 402 g/mol. The van der Waals surface area contributed by atoms with E-state index in [9.17, 15) is 19.5 Å². The second-order valence-corrected chi connectivity index (χ2v) is 6.76. The number of carbonyl (C=O) groups excluding carboxylic acids is 1. The minimum atomic E-state index is -1.86. The minimum Gasteiger partial charge on any atom is -0.481 e. The van der Waals surface area contributed by atoms with Crippen molar-refractivity contribution in [2.45, 2.75) is 24.8 Å². The maximum atomic E-state index is 12.9. The van der Waals surface area contributed by atoms with Gasteiger partial charge in [-0.2, -0.15) is 12.6 Å². The number of hydrogen-bond acceptors (Lipinski definition) is 5. The summed E-state index contributed by atoms with van der Waals surface area (Å²) < 4.78 is 0. The number of nitrogens with zero attached hydrogens (tertiary/aromatic N) is 1. The molecular weight excluding hydrogens is 380 g/mol. The second-order valence-electron chi connectivity index (χ2n) is 6.40. The molecule has 28 heavy (non-hydrogen) atoms. The van der Waals surface area contributed by atoms with E-state index in [1.165, 1.54) is 24.5 Å². The third-order valence-electron chi connectivity index (χ3n) is 4.50. The summed E-state index contributed by atoms with van der Waals surface area (Å²) in [5.41, 5.74) is -0.676. The molecule has 1 unspecified atom stereocenters. The molecule has 8 heteroatoms. The van der Waals surface area contributed by atoms with Crippen LogP contribution in [0.4, 0.5) is 0 Å². The Morgan fingerprint density at radius 1 is 1.07 bits per heavy atom. The molecule has 2 aromatic rings. The number of thiol groups is 1. The van der Waals surface area contributed by atoms with Gasteiger partial charge in [-0.3, -0.25) is 14.6 Å². The van der Waals surface area contributed by atoms with Crippen LogP contribution in [0.5, 0.6) is 0 Å². The van der Waals surface area contributed by atoms with Crippen molar-refractivity contribution < 1.29 is 24.6 Å². The maximum absolute atomic E-state index is 12.9. The van der Waals surface area contributed by atoms with Gasteiger partial charge >= 0.3 is 11.9 Å². The van der Waals surface area contributed by atoms with Crippen LogP contribution < -0.4 is 5.32 Å².